The molecule has 122 valence electrons. The Morgan fingerprint density at radius 2 is 1.91 bits per heavy atom. The lowest BCUT2D eigenvalue weighted by Gasteiger charge is -2.23. The number of hydrogen-bond donors (Lipinski definition) is 2. The molecule has 0 unspecified atom stereocenters. The molecule has 0 spiro atoms. The number of rotatable bonds is 5. The molecule has 1 aromatic heterocycles. The Hall–Kier alpha value is -1.83. The van der Waals surface area contributed by atoms with Gasteiger partial charge in [-0.2, -0.15) is 0 Å². The molecule has 1 heterocycles. The molecule has 1 aromatic rings. The third-order valence-electron chi connectivity index (χ3n) is 2.52. The van der Waals surface area contributed by atoms with Crippen LogP contribution in [0.5, 0.6) is 0 Å². The Morgan fingerprint density at radius 3 is 2.41 bits per heavy atom. The van der Waals surface area contributed by atoms with Crippen LogP contribution in [0.2, 0.25) is 0 Å². The van der Waals surface area contributed by atoms with Gasteiger partial charge in [0.05, 0.1) is 13.1 Å². The molecule has 0 aliphatic rings. The second-order valence-corrected chi connectivity index (χ2v) is 6.62. The Bertz CT molecular complexity index is 563. The summed E-state index contributed by atoms with van der Waals surface area (Å²) in [5, 5.41) is 5.20. The zero-order valence-corrected chi connectivity index (χ0v) is 14.6. The van der Waals surface area contributed by atoms with Gasteiger partial charge in [-0.15, -0.1) is 0 Å². The Kier molecular flexibility index (Phi) is 6.16. The average molecular weight is 374 g/mol. The van der Waals surface area contributed by atoms with Crippen molar-refractivity contribution in [2.45, 2.75) is 26.3 Å². The molecule has 0 saturated carbocycles. The van der Waals surface area contributed by atoms with Crippen LogP contribution in [-0.2, 0) is 9.59 Å². The lowest BCUT2D eigenvalue weighted by atomic mass is 10.1. The zero-order chi connectivity index (χ0) is 16.9. The van der Waals surface area contributed by atoms with Crippen LogP contribution in [0, 0.1) is 0 Å². The topological polar surface area (TPSA) is 91.7 Å². The SMILES string of the molecule is CN(CC(=O)NC(C)(C)C)C(=O)CNC(=O)c1ccc(Br)o1. The van der Waals surface area contributed by atoms with Crippen LogP contribution in [0.25, 0.3) is 0 Å². The lowest BCUT2D eigenvalue weighted by molar-refractivity contribution is -0.134. The predicted octanol–water partition coefficient (Wildman–Crippen LogP) is 1.14. The fraction of sp³-hybridized carbons (Fsp3) is 0.500. The van der Waals surface area contributed by atoms with Crippen LogP contribution in [0.15, 0.2) is 21.2 Å². The van der Waals surface area contributed by atoms with Gasteiger partial charge in [-0.05, 0) is 48.8 Å². The summed E-state index contributed by atoms with van der Waals surface area (Å²) < 4.78 is 5.50. The largest absolute Gasteiger partial charge is 0.444 e. The van der Waals surface area contributed by atoms with Crippen LogP contribution in [0.1, 0.15) is 31.3 Å². The number of halogens is 1. The minimum Gasteiger partial charge on any atom is -0.444 e. The van der Waals surface area contributed by atoms with E-state index in [-0.39, 0.29) is 36.2 Å². The third kappa shape index (κ3) is 6.30. The second kappa shape index (κ2) is 7.44. The molecule has 0 saturated heterocycles. The average Bonchev–Trinajstić information content (AvgIpc) is 2.79. The molecule has 22 heavy (non-hydrogen) atoms. The molecule has 3 amide bonds. The number of hydrogen-bond acceptors (Lipinski definition) is 4. The predicted molar refractivity (Wildman–Crippen MR) is 84.3 cm³/mol. The summed E-state index contributed by atoms with van der Waals surface area (Å²) in [6, 6.07) is 3.07. The summed E-state index contributed by atoms with van der Waals surface area (Å²) in [6.45, 7) is 5.28. The summed E-state index contributed by atoms with van der Waals surface area (Å²) in [6.07, 6.45) is 0. The smallest absolute Gasteiger partial charge is 0.287 e. The van der Waals surface area contributed by atoms with Gasteiger partial charge < -0.3 is 20.0 Å². The normalized spacial score (nSPS) is 11.0. The molecule has 0 aliphatic carbocycles. The van der Waals surface area contributed by atoms with Gasteiger partial charge in [0.1, 0.15) is 0 Å². The molecule has 0 aliphatic heterocycles. The minimum absolute atomic E-state index is 0.0712. The molecular formula is C14H20BrN3O4. The van der Waals surface area contributed by atoms with Crippen molar-refractivity contribution in [1.29, 1.82) is 0 Å². The Morgan fingerprint density at radius 1 is 1.27 bits per heavy atom. The maximum atomic E-state index is 11.9. The first-order valence-electron chi connectivity index (χ1n) is 6.67. The van der Waals surface area contributed by atoms with Gasteiger partial charge in [-0.3, -0.25) is 14.4 Å². The van der Waals surface area contributed by atoms with Crippen molar-refractivity contribution in [2.75, 3.05) is 20.1 Å². The van der Waals surface area contributed by atoms with Crippen molar-refractivity contribution in [3.8, 4) is 0 Å². The monoisotopic (exact) mass is 373 g/mol. The van der Waals surface area contributed by atoms with Crippen molar-refractivity contribution in [2.24, 2.45) is 0 Å². The van der Waals surface area contributed by atoms with E-state index in [0.717, 1.165) is 0 Å². The van der Waals surface area contributed by atoms with Gasteiger partial charge in [0, 0.05) is 12.6 Å². The highest BCUT2D eigenvalue weighted by Gasteiger charge is 2.18. The maximum Gasteiger partial charge on any atom is 0.287 e. The van der Waals surface area contributed by atoms with E-state index in [1.807, 2.05) is 20.8 Å². The van der Waals surface area contributed by atoms with E-state index >= 15 is 0 Å². The van der Waals surface area contributed by atoms with E-state index < -0.39 is 5.91 Å². The standard InChI is InChI=1S/C14H20BrN3O4/c1-14(2,3)17-11(19)8-18(4)12(20)7-16-13(21)9-5-6-10(15)22-9/h5-6H,7-8H2,1-4H3,(H,16,21)(H,17,19). The summed E-state index contributed by atoms with van der Waals surface area (Å²) >= 11 is 3.09. The number of furan rings is 1. The van der Waals surface area contributed by atoms with Gasteiger partial charge in [-0.25, -0.2) is 0 Å². The number of likely N-dealkylation sites (N-methyl/N-ethyl adjacent to an activating group) is 1. The highest BCUT2D eigenvalue weighted by atomic mass is 79.9. The highest BCUT2D eigenvalue weighted by molar-refractivity contribution is 9.10. The number of carbonyl (C=O) groups is 3. The van der Waals surface area contributed by atoms with E-state index in [9.17, 15) is 14.4 Å². The number of amides is 3. The van der Waals surface area contributed by atoms with E-state index in [0.29, 0.717) is 4.67 Å². The Balaban J connectivity index is 2.41. The van der Waals surface area contributed by atoms with Crippen LogP contribution in [0.3, 0.4) is 0 Å². The van der Waals surface area contributed by atoms with E-state index in [1.165, 1.54) is 18.0 Å². The van der Waals surface area contributed by atoms with Gasteiger partial charge >= 0.3 is 0 Å². The van der Waals surface area contributed by atoms with Crippen molar-refractivity contribution in [3.05, 3.63) is 22.6 Å². The molecule has 0 atom stereocenters. The summed E-state index contributed by atoms with van der Waals surface area (Å²) in [5.74, 6) is -1.02. The zero-order valence-electron chi connectivity index (χ0n) is 13.0. The van der Waals surface area contributed by atoms with Crippen molar-refractivity contribution < 1.29 is 18.8 Å². The van der Waals surface area contributed by atoms with Crippen molar-refractivity contribution in [1.82, 2.24) is 15.5 Å². The van der Waals surface area contributed by atoms with Gasteiger partial charge in [0.2, 0.25) is 11.8 Å². The van der Waals surface area contributed by atoms with E-state index in [1.54, 1.807) is 6.07 Å². The molecule has 2 N–H and O–H groups in total. The molecule has 0 aromatic carbocycles. The van der Waals surface area contributed by atoms with Crippen LogP contribution in [0.4, 0.5) is 0 Å². The maximum absolute atomic E-state index is 11.9. The number of carbonyl (C=O) groups excluding carboxylic acids is 3. The number of nitrogens with zero attached hydrogens (tertiary/aromatic N) is 1. The highest BCUT2D eigenvalue weighted by Crippen LogP contribution is 2.13. The summed E-state index contributed by atoms with van der Waals surface area (Å²) in [4.78, 5) is 36.6. The summed E-state index contributed by atoms with van der Waals surface area (Å²) in [7, 11) is 1.50. The molecule has 7 nitrogen and oxygen atoms in total. The first-order valence-corrected chi connectivity index (χ1v) is 7.46. The molecule has 0 fully saturated rings. The van der Waals surface area contributed by atoms with Crippen LogP contribution < -0.4 is 10.6 Å². The van der Waals surface area contributed by atoms with E-state index in [4.69, 9.17) is 4.42 Å². The third-order valence-corrected chi connectivity index (χ3v) is 2.94. The van der Waals surface area contributed by atoms with Crippen LogP contribution in [-0.4, -0.2) is 48.3 Å². The quantitative estimate of drug-likeness (QED) is 0.809. The first-order chi connectivity index (χ1) is 10.1. The molecule has 0 bridgehead atoms. The van der Waals surface area contributed by atoms with E-state index in [2.05, 4.69) is 26.6 Å². The Labute approximate surface area is 137 Å². The van der Waals surface area contributed by atoms with Crippen molar-refractivity contribution >= 4 is 33.7 Å². The molecule has 1 rings (SSSR count). The number of nitrogens with one attached hydrogen (secondary N) is 2. The van der Waals surface area contributed by atoms with Crippen LogP contribution >= 0.6 is 15.9 Å². The first kappa shape index (κ1) is 18.2. The van der Waals surface area contributed by atoms with Gasteiger partial charge in [0.25, 0.3) is 5.91 Å². The van der Waals surface area contributed by atoms with Gasteiger partial charge in [-0.1, -0.05) is 0 Å². The molecule has 0 radical (unpaired) electrons. The molecule has 8 heteroatoms. The fourth-order valence-electron chi connectivity index (χ4n) is 1.58. The lowest BCUT2D eigenvalue weighted by Crippen LogP contribution is -2.47. The fourth-order valence-corrected chi connectivity index (χ4v) is 1.88. The second-order valence-electron chi connectivity index (χ2n) is 5.83. The van der Waals surface area contributed by atoms with Crippen molar-refractivity contribution in [3.63, 3.8) is 0 Å². The minimum atomic E-state index is -0.494. The molecular weight excluding hydrogens is 354 g/mol. The summed E-state index contributed by atoms with van der Waals surface area (Å²) in [5.41, 5.74) is -0.359. The van der Waals surface area contributed by atoms with Gasteiger partial charge in [0.15, 0.2) is 10.4 Å².